The van der Waals surface area contributed by atoms with Crippen LogP contribution in [-0.2, 0) is 37.4 Å². The van der Waals surface area contributed by atoms with E-state index in [1.165, 1.54) is 103 Å². The van der Waals surface area contributed by atoms with Gasteiger partial charge in [0.05, 0.1) is 13.2 Å². The summed E-state index contributed by atoms with van der Waals surface area (Å²) in [7, 11) is 0.240. The molecule has 0 aliphatic heterocycles. The van der Waals surface area contributed by atoms with Gasteiger partial charge in [0.2, 0.25) is 0 Å². The minimum absolute atomic E-state index is 0.00531. The Kier molecular flexibility index (Phi) is 53.8. The van der Waals surface area contributed by atoms with E-state index in [1.54, 1.807) is 14.2 Å². The standard InChI is InChI=1S/2C29H60O4SSi/c2*1-7-12-14-15-16-17-18-22-26-34-27(23-13-8-2)29(30)32-25-21-19-20-24-28(31-6)33-35(9-3,10-4)11-5/h2*27-28H,7-26H2,1-6H3. The number of methoxy groups -OCH3 is 2. The monoisotopic (exact) mass is 1060 g/mol. The summed E-state index contributed by atoms with van der Waals surface area (Å²) < 4.78 is 35.6. The summed E-state index contributed by atoms with van der Waals surface area (Å²) in [6, 6.07) is 6.87. The molecule has 4 atom stereocenters. The number of thioether (sulfide) groups is 2. The molecule has 0 aliphatic rings. The molecule has 0 N–H and O–H groups in total. The quantitative estimate of drug-likeness (QED) is 0.0254. The van der Waals surface area contributed by atoms with E-state index in [0.29, 0.717) is 13.2 Å². The number of ether oxygens (including phenoxy) is 4. The van der Waals surface area contributed by atoms with Crippen LogP contribution in [0.15, 0.2) is 0 Å². The van der Waals surface area contributed by atoms with Crippen molar-refractivity contribution >= 4 is 52.1 Å². The summed E-state index contributed by atoms with van der Waals surface area (Å²) in [6.45, 7) is 23.5. The highest BCUT2D eigenvalue weighted by atomic mass is 32.2. The molecule has 0 aromatic heterocycles. The van der Waals surface area contributed by atoms with E-state index in [-0.39, 0.29) is 35.0 Å². The SMILES string of the molecule is CCCCCCCCCCSC(CCCC)C(=O)OCCCCCC(OC)O[Si](CC)(CC)CC.CCCCCCCCCCSC(CCCC)C(=O)OCCCCCC(OC)O[Si](CC)(CC)CC. The Balaban J connectivity index is 0. The molecule has 0 bridgehead atoms. The van der Waals surface area contributed by atoms with E-state index in [2.05, 4.69) is 69.2 Å². The zero-order valence-corrected chi connectivity index (χ0v) is 52.3. The van der Waals surface area contributed by atoms with Gasteiger partial charge in [0.25, 0.3) is 0 Å². The third kappa shape index (κ3) is 39.3. The predicted molar refractivity (Wildman–Crippen MR) is 314 cm³/mol. The molecule has 4 unspecified atom stereocenters. The Morgan fingerprint density at radius 2 is 0.643 bits per heavy atom. The molecule has 0 aromatic rings. The maximum absolute atomic E-state index is 12.7. The fourth-order valence-corrected chi connectivity index (χ4v) is 16.9. The molecule has 0 spiro atoms. The molecular weight excluding hydrogens is 945 g/mol. The highest BCUT2D eigenvalue weighted by molar-refractivity contribution is 8.00. The minimum Gasteiger partial charge on any atom is -0.465 e. The van der Waals surface area contributed by atoms with Crippen LogP contribution < -0.4 is 0 Å². The van der Waals surface area contributed by atoms with Crippen LogP contribution in [0.4, 0.5) is 0 Å². The first-order chi connectivity index (χ1) is 34.0. The summed E-state index contributed by atoms with van der Waals surface area (Å²) in [5, 5.41) is 0.0296. The molecule has 420 valence electrons. The van der Waals surface area contributed by atoms with Crippen molar-refractivity contribution in [3.8, 4) is 0 Å². The van der Waals surface area contributed by atoms with Crippen LogP contribution in [0, 0.1) is 0 Å². The average Bonchev–Trinajstić information content (AvgIpc) is 3.38. The second-order valence-electron chi connectivity index (χ2n) is 20.0. The maximum Gasteiger partial charge on any atom is 0.319 e. The zero-order valence-electron chi connectivity index (χ0n) is 48.7. The number of unbranched alkanes of at least 4 members (excludes halogenated alkanes) is 20. The van der Waals surface area contributed by atoms with Gasteiger partial charge in [-0.15, -0.1) is 23.5 Å². The predicted octanol–water partition coefficient (Wildman–Crippen LogP) is 19.0. The largest absolute Gasteiger partial charge is 0.465 e. The van der Waals surface area contributed by atoms with Crippen LogP contribution >= 0.6 is 23.5 Å². The van der Waals surface area contributed by atoms with Crippen molar-refractivity contribution in [2.45, 2.75) is 321 Å². The molecule has 0 fully saturated rings. The van der Waals surface area contributed by atoms with Crippen molar-refractivity contribution in [2.24, 2.45) is 0 Å². The minimum atomic E-state index is -1.64. The summed E-state index contributed by atoms with van der Waals surface area (Å²) in [5.74, 6) is 2.17. The van der Waals surface area contributed by atoms with Gasteiger partial charge in [0.15, 0.2) is 16.6 Å². The fourth-order valence-electron chi connectivity index (χ4n) is 8.96. The molecule has 70 heavy (non-hydrogen) atoms. The van der Waals surface area contributed by atoms with Crippen molar-refractivity contribution in [2.75, 3.05) is 38.9 Å². The van der Waals surface area contributed by atoms with E-state index < -0.39 is 16.6 Å². The van der Waals surface area contributed by atoms with Gasteiger partial charge < -0.3 is 27.8 Å². The second-order valence-corrected chi connectivity index (χ2v) is 32.1. The van der Waals surface area contributed by atoms with E-state index >= 15 is 0 Å². The number of hydrogen-bond acceptors (Lipinski definition) is 10. The van der Waals surface area contributed by atoms with Gasteiger partial charge in [-0.25, -0.2) is 0 Å². The third-order valence-corrected chi connectivity index (χ3v) is 26.6. The first kappa shape index (κ1) is 72.0. The Labute approximate surface area is 447 Å². The Morgan fingerprint density at radius 1 is 0.357 bits per heavy atom. The van der Waals surface area contributed by atoms with Crippen LogP contribution in [0.1, 0.15) is 262 Å². The lowest BCUT2D eigenvalue weighted by Crippen LogP contribution is -2.40. The molecule has 0 aliphatic carbocycles. The smallest absolute Gasteiger partial charge is 0.319 e. The normalized spacial score (nSPS) is 13.7. The molecule has 0 aromatic carbocycles. The first-order valence-corrected chi connectivity index (χ1v) is 37.2. The van der Waals surface area contributed by atoms with Crippen molar-refractivity contribution in [3.63, 3.8) is 0 Å². The van der Waals surface area contributed by atoms with Gasteiger partial charge in [0.1, 0.15) is 23.1 Å². The average molecular weight is 1070 g/mol. The maximum atomic E-state index is 12.7. The fraction of sp³-hybridized carbons (Fsp3) is 0.966. The lowest BCUT2D eigenvalue weighted by molar-refractivity contribution is -0.144. The highest BCUT2D eigenvalue weighted by Crippen LogP contribution is 2.28. The van der Waals surface area contributed by atoms with Crippen LogP contribution in [0.2, 0.25) is 36.3 Å². The second kappa shape index (κ2) is 52.4. The van der Waals surface area contributed by atoms with Crippen molar-refractivity contribution in [1.29, 1.82) is 0 Å². The van der Waals surface area contributed by atoms with Gasteiger partial charge >= 0.3 is 11.9 Å². The number of esters is 2. The van der Waals surface area contributed by atoms with E-state index in [4.69, 9.17) is 27.8 Å². The molecule has 0 saturated carbocycles. The van der Waals surface area contributed by atoms with Crippen LogP contribution in [-0.4, -0.2) is 90.6 Å². The van der Waals surface area contributed by atoms with E-state index in [9.17, 15) is 9.59 Å². The Hall–Kier alpha value is -0.0862. The number of hydrogen-bond donors (Lipinski definition) is 0. The lowest BCUT2D eigenvalue weighted by atomic mass is 10.1. The molecule has 0 radical (unpaired) electrons. The van der Waals surface area contributed by atoms with Gasteiger partial charge in [-0.05, 0) is 125 Å². The first-order valence-electron chi connectivity index (χ1n) is 30.0. The van der Waals surface area contributed by atoms with Crippen LogP contribution in [0.25, 0.3) is 0 Å². The summed E-state index contributed by atoms with van der Waals surface area (Å²) in [4.78, 5) is 25.4. The Morgan fingerprint density at radius 3 is 0.929 bits per heavy atom. The van der Waals surface area contributed by atoms with Gasteiger partial charge in [-0.1, -0.05) is 185 Å². The van der Waals surface area contributed by atoms with Crippen LogP contribution in [0.3, 0.4) is 0 Å². The Bertz CT molecular complexity index is 1010. The zero-order chi connectivity index (χ0) is 52.4. The van der Waals surface area contributed by atoms with Gasteiger partial charge in [0, 0.05) is 14.2 Å². The van der Waals surface area contributed by atoms with Gasteiger partial charge in [-0.2, -0.15) is 0 Å². The van der Waals surface area contributed by atoms with Crippen molar-refractivity contribution in [1.82, 2.24) is 0 Å². The van der Waals surface area contributed by atoms with E-state index in [1.807, 2.05) is 23.5 Å². The topological polar surface area (TPSA) is 89.5 Å². The molecule has 0 saturated heterocycles. The summed E-state index contributed by atoms with van der Waals surface area (Å²) >= 11 is 3.65. The third-order valence-electron chi connectivity index (χ3n) is 14.6. The van der Waals surface area contributed by atoms with Crippen molar-refractivity contribution in [3.05, 3.63) is 0 Å². The summed E-state index contributed by atoms with van der Waals surface area (Å²) in [5.41, 5.74) is 0. The summed E-state index contributed by atoms with van der Waals surface area (Å²) in [6.07, 6.45) is 35.3. The number of rotatable bonds is 52. The molecule has 0 amide bonds. The van der Waals surface area contributed by atoms with Crippen LogP contribution in [0.5, 0.6) is 0 Å². The van der Waals surface area contributed by atoms with E-state index in [0.717, 1.165) is 138 Å². The molecule has 8 nitrogen and oxygen atoms in total. The molecular formula is C58H120O8S2Si2. The molecule has 0 rings (SSSR count). The highest BCUT2D eigenvalue weighted by Gasteiger charge is 2.33. The number of carbonyl (C=O) groups is 2. The molecule has 12 heteroatoms. The van der Waals surface area contributed by atoms with Crippen molar-refractivity contribution < 1.29 is 37.4 Å². The number of carbonyl (C=O) groups excluding carboxylic acids is 2. The lowest BCUT2D eigenvalue weighted by Gasteiger charge is -2.32. The molecule has 0 heterocycles. The van der Waals surface area contributed by atoms with Gasteiger partial charge in [-0.3, -0.25) is 9.59 Å².